The molecule has 0 unspecified atom stereocenters. The van der Waals surface area contributed by atoms with Crippen LogP contribution in [0.2, 0.25) is 0 Å². The van der Waals surface area contributed by atoms with E-state index in [1.165, 1.54) is 5.56 Å². The van der Waals surface area contributed by atoms with Gasteiger partial charge in [-0.15, -0.1) is 0 Å². The second kappa shape index (κ2) is 7.27. The predicted molar refractivity (Wildman–Crippen MR) is 89.1 cm³/mol. The molecule has 1 aromatic carbocycles. The van der Waals surface area contributed by atoms with Crippen molar-refractivity contribution in [3.63, 3.8) is 0 Å². The highest BCUT2D eigenvalue weighted by Crippen LogP contribution is 2.29. The van der Waals surface area contributed by atoms with Crippen molar-refractivity contribution < 1.29 is 9.53 Å². The number of hydrogen-bond donors (Lipinski definition) is 0. The average molecular weight is 310 g/mol. The molecule has 0 N–H and O–H groups in total. The molecule has 120 valence electrons. The van der Waals surface area contributed by atoms with Crippen molar-refractivity contribution in [2.45, 2.75) is 38.3 Å². The Balaban J connectivity index is 1.58. The molecule has 1 heterocycles. The Morgan fingerprint density at radius 1 is 1.13 bits per heavy atom. The van der Waals surface area contributed by atoms with Gasteiger partial charge in [-0.2, -0.15) is 0 Å². The zero-order valence-electron chi connectivity index (χ0n) is 13.4. The molecule has 3 rings (SSSR count). The van der Waals surface area contributed by atoms with Crippen LogP contribution in [0.15, 0.2) is 48.8 Å². The summed E-state index contributed by atoms with van der Waals surface area (Å²) in [5, 5.41) is 0. The number of hydrogen-bond acceptors (Lipinski definition) is 3. The fraction of sp³-hybridized carbons (Fsp3) is 0.368. The van der Waals surface area contributed by atoms with E-state index >= 15 is 0 Å². The van der Waals surface area contributed by atoms with Gasteiger partial charge in [0, 0.05) is 31.4 Å². The van der Waals surface area contributed by atoms with Crippen molar-refractivity contribution in [1.29, 1.82) is 0 Å². The van der Waals surface area contributed by atoms with Crippen molar-refractivity contribution in [1.82, 2.24) is 9.88 Å². The minimum atomic E-state index is 0.236. The van der Waals surface area contributed by atoms with Gasteiger partial charge in [-0.05, 0) is 54.7 Å². The predicted octanol–water partition coefficient (Wildman–Crippen LogP) is 3.21. The molecule has 1 aliphatic rings. The Kier molecular flexibility index (Phi) is 4.91. The summed E-state index contributed by atoms with van der Waals surface area (Å²) in [6.07, 6.45) is 7.12. The van der Waals surface area contributed by atoms with Crippen LogP contribution in [0.3, 0.4) is 0 Å². The molecule has 1 aliphatic carbocycles. The minimum absolute atomic E-state index is 0.236. The van der Waals surface area contributed by atoms with Crippen molar-refractivity contribution in [3.8, 4) is 5.75 Å². The maximum absolute atomic E-state index is 12.6. The summed E-state index contributed by atoms with van der Waals surface area (Å²) < 4.78 is 5.16. The van der Waals surface area contributed by atoms with Crippen LogP contribution >= 0.6 is 0 Å². The van der Waals surface area contributed by atoms with Gasteiger partial charge < -0.3 is 9.64 Å². The lowest BCUT2D eigenvalue weighted by molar-refractivity contribution is -0.132. The molecular weight excluding hydrogens is 288 g/mol. The topological polar surface area (TPSA) is 42.4 Å². The lowest BCUT2D eigenvalue weighted by atomic mass is 10.1. The standard InChI is InChI=1S/C19H22N2O2/c1-23-18-7-2-15(3-8-18)4-9-19(22)21(17-5-6-17)14-16-10-12-20-13-11-16/h2-3,7-8,10-13,17H,4-6,9,14H2,1H3. The van der Waals surface area contributed by atoms with Crippen LogP contribution in [0.4, 0.5) is 0 Å². The lowest BCUT2D eigenvalue weighted by Gasteiger charge is -2.22. The fourth-order valence-electron chi connectivity index (χ4n) is 2.68. The fourth-order valence-corrected chi connectivity index (χ4v) is 2.68. The Bertz CT molecular complexity index is 636. The quantitative estimate of drug-likeness (QED) is 0.788. The third-order valence-corrected chi connectivity index (χ3v) is 4.20. The number of aryl methyl sites for hydroxylation is 1. The SMILES string of the molecule is COc1ccc(CCC(=O)N(Cc2ccncc2)C2CC2)cc1. The van der Waals surface area contributed by atoms with Gasteiger partial charge in [0.15, 0.2) is 0 Å². The summed E-state index contributed by atoms with van der Waals surface area (Å²) in [4.78, 5) is 18.7. The molecule has 2 aromatic rings. The van der Waals surface area contributed by atoms with Crippen molar-refractivity contribution in [2.75, 3.05) is 7.11 Å². The molecule has 0 saturated heterocycles. The number of carbonyl (C=O) groups is 1. The van der Waals surface area contributed by atoms with E-state index in [1.807, 2.05) is 41.3 Å². The van der Waals surface area contributed by atoms with Gasteiger partial charge in [-0.1, -0.05) is 12.1 Å². The molecule has 1 aromatic heterocycles. The molecule has 4 nitrogen and oxygen atoms in total. The van der Waals surface area contributed by atoms with Gasteiger partial charge in [0.25, 0.3) is 0 Å². The number of aromatic nitrogens is 1. The van der Waals surface area contributed by atoms with Crippen LogP contribution in [-0.4, -0.2) is 28.9 Å². The van der Waals surface area contributed by atoms with Crippen LogP contribution in [0.25, 0.3) is 0 Å². The Morgan fingerprint density at radius 3 is 2.43 bits per heavy atom. The summed E-state index contributed by atoms with van der Waals surface area (Å²) in [7, 11) is 1.66. The van der Waals surface area contributed by atoms with E-state index in [2.05, 4.69) is 4.98 Å². The molecule has 0 atom stereocenters. The second-order valence-electron chi connectivity index (χ2n) is 5.96. The van der Waals surface area contributed by atoms with Gasteiger partial charge in [0.2, 0.25) is 5.91 Å². The van der Waals surface area contributed by atoms with Gasteiger partial charge in [0.1, 0.15) is 5.75 Å². The summed E-state index contributed by atoms with van der Waals surface area (Å²) in [5.74, 6) is 1.08. The Morgan fingerprint density at radius 2 is 1.83 bits per heavy atom. The number of amides is 1. The van der Waals surface area contributed by atoms with Gasteiger partial charge in [-0.3, -0.25) is 9.78 Å². The largest absolute Gasteiger partial charge is 0.497 e. The highest BCUT2D eigenvalue weighted by Gasteiger charge is 2.32. The molecule has 0 aliphatic heterocycles. The first-order valence-electron chi connectivity index (χ1n) is 8.07. The van der Waals surface area contributed by atoms with Crippen LogP contribution in [0.5, 0.6) is 5.75 Å². The normalized spacial score (nSPS) is 13.6. The van der Waals surface area contributed by atoms with Crippen LogP contribution in [0.1, 0.15) is 30.4 Å². The average Bonchev–Trinajstić information content (AvgIpc) is 3.44. The highest BCUT2D eigenvalue weighted by atomic mass is 16.5. The summed E-state index contributed by atoms with van der Waals surface area (Å²) in [6, 6.07) is 12.3. The molecule has 23 heavy (non-hydrogen) atoms. The van der Waals surface area contributed by atoms with Gasteiger partial charge in [-0.25, -0.2) is 0 Å². The number of benzene rings is 1. The van der Waals surface area contributed by atoms with Crippen molar-refractivity contribution >= 4 is 5.91 Å². The van der Waals surface area contributed by atoms with E-state index in [0.717, 1.165) is 30.6 Å². The van der Waals surface area contributed by atoms with Crippen LogP contribution < -0.4 is 4.74 Å². The summed E-state index contributed by atoms with van der Waals surface area (Å²) >= 11 is 0. The maximum Gasteiger partial charge on any atom is 0.223 e. The molecular formula is C19H22N2O2. The van der Waals surface area contributed by atoms with Crippen LogP contribution in [0, 0.1) is 0 Å². The molecule has 0 bridgehead atoms. The van der Waals surface area contributed by atoms with E-state index in [4.69, 9.17) is 4.74 Å². The highest BCUT2D eigenvalue weighted by molar-refractivity contribution is 5.77. The number of pyridine rings is 1. The first-order chi connectivity index (χ1) is 11.3. The Hall–Kier alpha value is -2.36. The molecule has 4 heteroatoms. The number of carbonyl (C=O) groups excluding carboxylic acids is 1. The zero-order chi connectivity index (χ0) is 16.1. The molecule has 1 fully saturated rings. The van der Waals surface area contributed by atoms with Gasteiger partial charge in [0.05, 0.1) is 7.11 Å². The van der Waals surface area contributed by atoms with Gasteiger partial charge >= 0.3 is 0 Å². The third kappa shape index (κ3) is 4.31. The first kappa shape index (κ1) is 15.5. The number of rotatable bonds is 7. The summed E-state index contributed by atoms with van der Waals surface area (Å²) in [5.41, 5.74) is 2.31. The monoisotopic (exact) mass is 310 g/mol. The Labute approximate surface area is 137 Å². The third-order valence-electron chi connectivity index (χ3n) is 4.20. The minimum Gasteiger partial charge on any atom is -0.497 e. The molecule has 0 radical (unpaired) electrons. The molecule has 1 amide bonds. The van der Waals surface area contributed by atoms with Crippen molar-refractivity contribution in [3.05, 3.63) is 59.9 Å². The van der Waals surface area contributed by atoms with E-state index in [0.29, 0.717) is 19.0 Å². The number of nitrogens with zero attached hydrogens (tertiary/aromatic N) is 2. The van der Waals surface area contributed by atoms with E-state index in [-0.39, 0.29) is 5.91 Å². The maximum atomic E-state index is 12.6. The summed E-state index contributed by atoms with van der Waals surface area (Å²) in [6.45, 7) is 0.689. The van der Waals surface area contributed by atoms with E-state index < -0.39 is 0 Å². The smallest absolute Gasteiger partial charge is 0.223 e. The second-order valence-corrected chi connectivity index (χ2v) is 5.96. The molecule has 0 spiro atoms. The van der Waals surface area contributed by atoms with Crippen LogP contribution in [-0.2, 0) is 17.8 Å². The number of ether oxygens (including phenoxy) is 1. The first-order valence-corrected chi connectivity index (χ1v) is 8.07. The van der Waals surface area contributed by atoms with E-state index in [9.17, 15) is 4.79 Å². The lowest BCUT2D eigenvalue weighted by Crippen LogP contribution is -2.32. The zero-order valence-corrected chi connectivity index (χ0v) is 13.4. The number of methoxy groups -OCH3 is 1. The molecule has 1 saturated carbocycles. The van der Waals surface area contributed by atoms with E-state index in [1.54, 1.807) is 19.5 Å². The van der Waals surface area contributed by atoms with Crippen molar-refractivity contribution in [2.24, 2.45) is 0 Å².